The first-order chi connectivity index (χ1) is 5.38. The number of aromatic nitrogens is 1. The van der Waals surface area contributed by atoms with Crippen molar-refractivity contribution >= 4 is 5.91 Å². The minimum atomic E-state index is -0.223. The van der Waals surface area contributed by atoms with Crippen LogP contribution in [0.15, 0.2) is 18.3 Å². The maximum absolute atomic E-state index is 11.0. The third kappa shape index (κ3) is 0.969. The summed E-state index contributed by atoms with van der Waals surface area (Å²) in [5, 5.41) is 0. The number of nitrogens with zero attached hydrogens (tertiary/aromatic N) is 1. The smallest absolute Gasteiger partial charge is 0.267 e. The molecule has 0 saturated carbocycles. The van der Waals surface area contributed by atoms with E-state index in [0.717, 1.165) is 0 Å². The quantitative estimate of drug-likeness (QED) is 0.577. The van der Waals surface area contributed by atoms with E-state index in [9.17, 15) is 4.79 Å². The minimum absolute atomic E-state index is 0.223. The number of carbonyl (C=O) groups excluding carboxylic acids is 1. The number of hydrogen-bond donors (Lipinski definition) is 1. The second-order valence-electron chi connectivity index (χ2n) is 2.22. The number of carbonyl (C=O) groups is 1. The molecule has 0 fully saturated rings. The summed E-state index contributed by atoms with van der Waals surface area (Å²) < 4.78 is 0. The average molecular weight is 150 g/mol. The van der Waals surface area contributed by atoms with E-state index in [0.29, 0.717) is 17.9 Å². The van der Waals surface area contributed by atoms with Crippen molar-refractivity contribution in [3.05, 3.63) is 29.6 Å². The van der Waals surface area contributed by atoms with Crippen LogP contribution in [0.1, 0.15) is 16.1 Å². The third-order valence-corrected chi connectivity index (χ3v) is 1.51. The predicted octanol–water partition coefficient (Wildman–Crippen LogP) is 0.257. The zero-order valence-corrected chi connectivity index (χ0v) is 5.70. The van der Waals surface area contributed by atoms with Gasteiger partial charge in [0.2, 0.25) is 0 Å². The van der Waals surface area contributed by atoms with Gasteiger partial charge in [0, 0.05) is 6.20 Å². The Morgan fingerprint density at radius 3 is 3.36 bits per heavy atom. The summed E-state index contributed by atoms with van der Waals surface area (Å²) in [6.45, 7) is 0.349. The molecule has 0 unspecified atom stereocenters. The summed E-state index contributed by atoms with van der Waals surface area (Å²) in [5.74, 6) is -0.223. The maximum Gasteiger partial charge on any atom is 0.276 e. The van der Waals surface area contributed by atoms with E-state index >= 15 is 0 Å². The van der Waals surface area contributed by atoms with Crippen LogP contribution >= 0.6 is 0 Å². The Labute approximate surface area is 63.2 Å². The van der Waals surface area contributed by atoms with Gasteiger partial charge >= 0.3 is 0 Å². The van der Waals surface area contributed by atoms with Crippen molar-refractivity contribution in [2.45, 2.75) is 6.61 Å². The summed E-state index contributed by atoms with van der Waals surface area (Å²) in [6, 6.07) is 3.45. The molecule has 1 aromatic rings. The van der Waals surface area contributed by atoms with Gasteiger partial charge in [0.05, 0.1) is 11.3 Å². The number of nitrogens with one attached hydrogen (secondary N) is 1. The zero-order chi connectivity index (χ0) is 7.68. The molecule has 4 heteroatoms. The lowest BCUT2D eigenvalue weighted by molar-refractivity contribution is 0.0138. The Kier molecular flexibility index (Phi) is 1.33. The highest BCUT2D eigenvalue weighted by atomic mass is 16.7. The molecule has 4 nitrogen and oxygen atoms in total. The molecule has 1 N–H and O–H groups in total. The molecule has 1 aromatic heterocycles. The average Bonchev–Trinajstić information content (AvgIpc) is 2.06. The summed E-state index contributed by atoms with van der Waals surface area (Å²) in [5.41, 5.74) is 3.55. The molecule has 11 heavy (non-hydrogen) atoms. The fourth-order valence-electron chi connectivity index (χ4n) is 0.985. The van der Waals surface area contributed by atoms with Crippen LogP contribution in [0.25, 0.3) is 0 Å². The molecule has 1 aliphatic rings. The van der Waals surface area contributed by atoms with Crippen molar-refractivity contribution in [2.24, 2.45) is 0 Å². The van der Waals surface area contributed by atoms with Crippen LogP contribution in [0, 0.1) is 0 Å². The van der Waals surface area contributed by atoms with E-state index < -0.39 is 0 Å². The van der Waals surface area contributed by atoms with Crippen LogP contribution in [0.4, 0.5) is 0 Å². The van der Waals surface area contributed by atoms with E-state index in [4.69, 9.17) is 4.84 Å². The van der Waals surface area contributed by atoms with Gasteiger partial charge in [-0.15, -0.1) is 0 Å². The van der Waals surface area contributed by atoms with Gasteiger partial charge in [-0.2, -0.15) is 0 Å². The highest BCUT2D eigenvalue weighted by molar-refractivity contribution is 5.94. The summed E-state index contributed by atoms with van der Waals surface area (Å²) in [4.78, 5) is 19.7. The Morgan fingerprint density at radius 1 is 1.64 bits per heavy atom. The Bertz CT molecular complexity index is 298. The molecule has 56 valence electrons. The Balaban J connectivity index is 2.52. The lowest BCUT2D eigenvalue weighted by Crippen LogP contribution is -2.30. The molecule has 0 saturated heterocycles. The molecule has 0 atom stereocenters. The number of hydrogen-bond acceptors (Lipinski definition) is 3. The van der Waals surface area contributed by atoms with Crippen LogP contribution in [-0.4, -0.2) is 10.9 Å². The Hall–Kier alpha value is -1.42. The monoisotopic (exact) mass is 150 g/mol. The summed E-state index contributed by atoms with van der Waals surface area (Å²) in [7, 11) is 0. The van der Waals surface area contributed by atoms with Crippen LogP contribution in [0.5, 0.6) is 0 Å². The molecule has 1 amide bonds. The highest BCUT2D eigenvalue weighted by Crippen LogP contribution is 2.09. The van der Waals surface area contributed by atoms with Crippen molar-refractivity contribution in [3.8, 4) is 0 Å². The molecule has 0 aromatic carbocycles. The van der Waals surface area contributed by atoms with Gasteiger partial charge in [-0.3, -0.25) is 14.6 Å². The highest BCUT2D eigenvalue weighted by Gasteiger charge is 2.16. The summed E-state index contributed by atoms with van der Waals surface area (Å²) >= 11 is 0. The van der Waals surface area contributed by atoms with Gasteiger partial charge in [-0.05, 0) is 12.1 Å². The number of pyridine rings is 1. The third-order valence-electron chi connectivity index (χ3n) is 1.51. The van der Waals surface area contributed by atoms with Gasteiger partial charge in [0.25, 0.3) is 5.91 Å². The number of fused-ring (bicyclic) bond motifs is 1. The van der Waals surface area contributed by atoms with Crippen LogP contribution in [0.3, 0.4) is 0 Å². The van der Waals surface area contributed by atoms with Gasteiger partial charge in [0.15, 0.2) is 0 Å². The molecule has 0 spiro atoms. The second kappa shape index (κ2) is 2.32. The number of amides is 1. The molecule has 2 rings (SSSR count). The molecular formula is C7H6N2O2. The molecular weight excluding hydrogens is 144 g/mol. The largest absolute Gasteiger partial charge is 0.276 e. The normalized spacial score (nSPS) is 15.5. The fraction of sp³-hybridized carbons (Fsp3) is 0.143. The lowest BCUT2D eigenvalue weighted by Gasteiger charge is -2.13. The van der Waals surface area contributed by atoms with Crippen molar-refractivity contribution in [1.82, 2.24) is 10.5 Å². The zero-order valence-electron chi connectivity index (χ0n) is 5.70. The van der Waals surface area contributed by atoms with Crippen LogP contribution in [-0.2, 0) is 11.4 Å². The van der Waals surface area contributed by atoms with E-state index in [1.165, 1.54) is 0 Å². The number of hydroxylamine groups is 1. The topological polar surface area (TPSA) is 51.2 Å². The van der Waals surface area contributed by atoms with Crippen molar-refractivity contribution in [3.63, 3.8) is 0 Å². The van der Waals surface area contributed by atoms with E-state index in [2.05, 4.69) is 10.5 Å². The standard InChI is InChI=1S/C7H6N2O2/c10-7-5-2-1-3-8-6(5)4-11-9-7/h1-3H,4H2,(H,9,10). The van der Waals surface area contributed by atoms with Crippen molar-refractivity contribution in [1.29, 1.82) is 0 Å². The molecule has 0 radical (unpaired) electrons. The summed E-state index contributed by atoms with van der Waals surface area (Å²) in [6.07, 6.45) is 1.64. The van der Waals surface area contributed by atoms with E-state index in [1.807, 2.05) is 0 Å². The van der Waals surface area contributed by atoms with Gasteiger partial charge < -0.3 is 0 Å². The SMILES string of the molecule is O=C1NOCc2ncccc21. The van der Waals surface area contributed by atoms with Crippen molar-refractivity contribution in [2.75, 3.05) is 0 Å². The molecule has 1 aliphatic heterocycles. The van der Waals surface area contributed by atoms with E-state index in [1.54, 1.807) is 18.3 Å². The van der Waals surface area contributed by atoms with Gasteiger partial charge in [0.1, 0.15) is 6.61 Å². The van der Waals surface area contributed by atoms with Gasteiger partial charge in [-0.1, -0.05) is 0 Å². The molecule has 0 aliphatic carbocycles. The first-order valence-corrected chi connectivity index (χ1v) is 3.24. The molecule has 2 heterocycles. The first kappa shape index (κ1) is 6.30. The first-order valence-electron chi connectivity index (χ1n) is 3.24. The van der Waals surface area contributed by atoms with Crippen molar-refractivity contribution < 1.29 is 9.63 Å². The Morgan fingerprint density at radius 2 is 2.55 bits per heavy atom. The van der Waals surface area contributed by atoms with Crippen LogP contribution < -0.4 is 5.48 Å². The maximum atomic E-state index is 11.0. The van der Waals surface area contributed by atoms with Gasteiger partial charge in [-0.25, -0.2) is 5.48 Å². The van der Waals surface area contributed by atoms with E-state index in [-0.39, 0.29) is 5.91 Å². The second-order valence-corrected chi connectivity index (χ2v) is 2.22. The van der Waals surface area contributed by atoms with Crippen LogP contribution in [0.2, 0.25) is 0 Å². The minimum Gasteiger partial charge on any atom is -0.267 e. The predicted molar refractivity (Wildman–Crippen MR) is 36.5 cm³/mol. The lowest BCUT2D eigenvalue weighted by atomic mass is 10.2. The molecule has 0 bridgehead atoms. The fourth-order valence-corrected chi connectivity index (χ4v) is 0.985. The number of rotatable bonds is 0.